The number of rotatable bonds is 3. The Kier molecular flexibility index (Phi) is 4.38. The van der Waals surface area contributed by atoms with E-state index in [-0.39, 0.29) is 5.02 Å². The lowest BCUT2D eigenvalue weighted by atomic mass is 10.2. The van der Waals surface area contributed by atoms with Gasteiger partial charge in [-0.25, -0.2) is 9.37 Å². The van der Waals surface area contributed by atoms with Crippen LogP contribution in [0, 0.1) is 9.39 Å². The van der Waals surface area contributed by atoms with Gasteiger partial charge in [0.25, 0.3) is 0 Å². The lowest BCUT2D eigenvalue weighted by molar-refractivity contribution is 0.627. The van der Waals surface area contributed by atoms with E-state index in [2.05, 4.69) is 27.6 Å². The first-order valence-electron chi connectivity index (χ1n) is 6.28. The van der Waals surface area contributed by atoms with E-state index in [1.54, 1.807) is 12.1 Å². The maximum absolute atomic E-state index is 13.4. The standard InChI is InChI=1S/C15H10Cl2FIN2/c16-6-5-15-20-13-7-9(19)1-4-14(13)21(15)10-2-3-12(18)11(17)8-10/h1-4,7-8H,5-6H2. The van der Waals surface area contributed by atoms with Gasteiger partial charge in [-0.05, 0) is 59.0 Å². The highest BCUT2D eigenvalue weighted by atomic mass is 127. The first-order chi connectivity index (χ1) is 10.1. The van der Waals surface area contributed by atoms with Crippen molar-refractivity contribution < 1.29 is 4.39 Å². The number of aromatic nitrogens is 2. The van der Waals surface area contributed by atoms with Crippen molar-refractivity contribution in [2.24, 2.45) is 0 Å². The predicted octanol–water partition coefficient (Wildman–Crippen LogP) is 5.20. The van der Waals surface area contributed by atoms with E-state index in [9.17, 15) is 4.39 Å². The number of nitrogens with zero attached hydrogens (tertiary/aromatic N) is 2. The molecule has 21 heavy (non-hydrogen) atoms. The maximum Gasteiger partial charge on any atom is 0.141 e. The highest BCUT2D eigenvalue weighted by Gasteiger charge is 2.13. The summed E-state index contributed by atoms with van der Waals surface area (Å²) in [5.41, 5.74) is 2.63. The molecule has 0 atom stereocenters. The van der Waals surface area contributed by atoms with Crippen molar-refractivity contribution in [1.29, 1.82) is 0 Å². The first-order valence-corrected chi connectivity index (χ1v) is 8.27. The molecular formula is C15H10Cl2FIN2. The molecule has 0 bridgehead atoms. The van der Waals surface area contributed by atoms with Crippen LogP contribution in [0.5, 0.6) is 0 Å². The Morgan fingerprint density at radius 2 is 2.00 bits per heavy atom. The van der Waals surface area contributed by atoms with Gasteiger partial charge in [0.1, 0.15) is 11.6 Å². The monoisotopic (exact) mass is 434 g/mol. The minimum Gasteiger partial charge on any atom is -0.296 e. The molecule has 1 heterocycles. The summed E-state index contributed by atoms with van der Waals surface area (Å²) in [5.74, 6) is 0.873. The average Bonchev–Trinajstić information content (AvgIpc) is 2.79. The van der Waals surface area contributed by atoms with Crippen LogP contribution < -0.4 is 0 Å². The molecule has 0 radical (unpaired) electrons. The van der Waals surface area contributed by atoms with Crippen LogP contribution in [0.25, 0.3) is 16.7 Å². The zero-order chi connectivity index (χ0) is 15.0. The SMILES string of the molecule is Fc1ccc(-n2c(CCCl)nc3cc(I)ccc32)cc1Cl. The Balaban J connectivity index is 2.27. The molecule has 0 aliphatic heterocycles. The molecule has 0 amide bonds. The van der Waals surface area contributed by atoms with Crippen LogP contribution in [-0.2, 0) is 6.42 Å². The summed E-state index contributed by atoms with van der Waals surface area (Å²) in [6.45, 7) is 0. The molecule has 6 heteroatoms. The van der Waals surface area contributed by atoms with Gasteiger partial charge in [0.2, 0.25) is 0 Å². The largest absolute Gasteiger partial charge is 0.296 e. The third kappa shape index (κ3) is 2.89. The van der Waals surface area contributed by atoms with Gasteiger partial charge in [-0.1, -0.05) is 11.6 Å². The van der Waals surface area contributed by atoms with Gasteiger partial charge in [0.15, 0.2) is 0 Å². The van der Waals surface area contributed by atoms with E-state index in [4.69, 9.17) is 23.2 Å². The number of imidazole rings is 1. The molecule has 1 aromatic heterocycles. The second-order valence-corrected chi connectivity index (χ2v) is 6.56. The van der Waals surface area contributed by atoms with Crippen molar-refractivity contribution in [3.05, 3.63) is 56.6 Å². The number of hydrogen-bond donors (Lipinski definition) is 0. The normalized spacial score (nSPS) is 11.2. The fraction of sp³-hybridized carbons (Fsp3) is 0.133. The molecule has 2 aromatic carbocycles. The lowest BCUT2D eigenvalue weighted by Crippen LogP contribution is -2.02. The number of alkyl halides is 1. The van der Waals surface area contributed by atoms with Crippen LogP contribution in [0.15, 0.2) is 36.4 Å². The molecule has 0 aliphatic carbocycles. The van der Waals surface area contributed by atoms with Gasteiger partial charge in [0, 0.05) is 21.6 Å². The second-order valence-electron chi connectivity index (χ2n) is 4.53. The van der Waals surface area contributed by atoms with E-state index < -0.39 is 5.82 Å². The highest BCUT2D eigenvalue weighted by molar-refractivity contribution is 14.1. The third-order valence-corrected chi connectivity index (χ3v) is 4.32. The Bertz CT molecular complexity index is 817. The lowest BCUT2D eigenvalue weighted by Gasteiger charge is -2.09. The van der Waals surface area contributed by atoms with Gasteiger partial charge in [-0.15, -0.1) is 11.6 Å². The van der Waals surface area contributed by atoms with Crippen molar-refractivity contribution in [3.8, 4) is 5.69 Å². The summed E-state index contributed by atoms with van der Waals surface area (Å²) < 4.78 is 16.5. The predicted molar refractivity (Wildman–Crippen MR) is 93.2 cm³/mol. The summed E-state index contributed by atoms with van der Waals surface area (Å²) in [4.78, 5) is 4.63. The topological polar surface area (TPSA) is 17.8 Å². The Labute approximate surface area is 145 Å². The van der Waals surface area contributed by atoms with Crippen LogP contribution in [0.1, 0.15) is 5.82 Å². The van der Waals surface area contributed by atoms with E-state index in [1.807, 2.05) is 22.8 Å². The van der Waals surface area contributed by atoms with Crippen molar-refractivity contribution in [1.82, 2.24) is 9.55 Å². The summed E-state index contributed by atoms with van der Waals surface area (Å²) in [6, 6.07) is 10.7. The zero-order valence-corrected chi connectivity index (χ0v) is 14.5. The molecular weight excluding hydrogens is 425 g/mol. The third-order valence-electron chi connectivity index (χ3n) is 3.17. The van der Waals surface area contributed by atoms with Crippen molar-refractivity contribution >= 4 is 56.8 Å². The second kappa shape index (κ2) is 6.10. The number of hydrogen-bond acceptors (Lipinski definition) is 1. The van der Waals surface area contributed by atoms with E-state index in [1.165, 1.54) is 6.07 Å². The van der Waals surface area contributed by atoms with Crippen LogP contribution in [0.3, 0.4) is 0 Å². The number of halogens is 4. The quantitative estimate of drug-likeness (QED) is 0.409. The highest BCUT2D eigenvalue weighted by Crippen LogP contribution is 2.26. The summed E-state index contributed by atoms with van der Waals surface area (Å²) in [5, 5.41) is 0.0942. The molecule has 0 unspecified atom stereocenters. The van der Waals surface area contributed by atoms with Crippen molar-refractivity contribution in [2.75, 3.05) is 5.88 Å². The van der Waals surface area contributed by atoms with Gasteiger partial charge in [-0.2, -0.15) is 0 Å². The molecule has 3 aromatic rings. The molecule has 0 aliphatic rings. The molecule has 3 rings (SSSR count). The van der Waals surface area contributed by atoms with E-state index in [0.29, 0.717) is 12.3 Å². The van der Waals surface area contributed by atoms with Crippen LogP contribution >= 0.6 is 45.8 Å². The fourth-order valence-corrected chi connectivity index (χ4v) is 3.09. The molecule has 0 fully saturated rings. The maximum atomic E-state index is 13.4. The smallest absolute Gasteiger partial charge is 0.141 e. The van der Waals surface area contributed by atoms with E-state index in [0.717, 1.165) is 26.1 Å². The van der Waals surface area contributed by atoms with Gasteiger partial charge in [0.05, 0.1) is 16.1 Å². The van der Waals surface area contributed by atoms with Crippen molar-refractivity contribution in [2.45, 2.75) is 6.42 Å². The molecule has 2 nitrogen and oxygen atoms in total. The van der Waals surface area contributed by atoms with Gasteiger partial charge in [-0.3, -0.25) is 4.57 Å². The van der Waals surface area contributed by atoms with Crippen LogP contribution in [0.4, 0.5) is 4.39 Å². The van der Waals surface area contributed by atoms with E-state index >= 15 is 0 Å². The Hall–Kier alpha value is -0.850. The zero-order valence-electron chi connectivity index (χ0n) is 10.8. The summed E-state index contributed by atoms with van der Waals surface area (Å²) in [6.07, 6.45) is 0.627. The minimum absolute atomic E-state index is 0.0942. The Morgan fingerprint density at radius 3 is 2.71 bits per heavy atom. The summed E-state index contributed by atoms with van der Waals surface area (Å²) in [7, 11) is 0. The Morgan fingerprint density at radius 1 is 1.19 bits per heavy atom. The molecule has 0 N–H and O–H groups in total. The van der Waals surface area contributed by atoms with Crippen LogP contribution in [-0.4, -0.2) is 15.4 Å². The molecule has 0 saturated heterocycles. The first kappa shape index (κ1) is 15.1. The van der Waals surface area contributed by atoms with Crippen molar-refractivity contribution in [3.63, 3.8) is 0 Å². The minimum atomic E-state index is -0.432. The molecule has 0 spiro atoms. The fourth-order valence-electron chi connectivity index (χ4n) is 2.27. The summed E-state index contributed by atoms with van der Waals surface area (Å²) >= 11 is 14.0. The number of aryl methyl sites for hydroxylation is 1. The van der Waals surface area contributed by atoms with Crippen LogP contribution in [0.2, 0.25) is 5.02 Å². The van der Waals surface area contributed by atoms with Gasteiger partial charge < -0.3 is 0 Å². The molecule has 0 saturated carbocycles. The molecule has 108 valence electrons. The van der Waals surface area contributed by atoms with Gasteiger partial charge >= 0.3 is 0 Å². The number of fused-ring (bicyclic) bond motifs is 1. The number of benzene rings is 2. The average molecular weight is 435 g/mol.